The van der Waals surface area contributed by atoms with Gasteiger partial charge in [-0.15, -0.1) is 0 Å². The first kappa shape index (κ1) is 14.6. The van der Waals surface area contributed by atoms with Crippen molar-refractivity contribution in [2.75, 3.05) is 18.5 Å². The highest BCUT2D eigenvalue weighted by molar-refractivity contribution is 9.10. The Morgan fingerprint density at radius 3 is 2.70 bits per heavy atom. The molecule has 0 spiro atoms. The Kier molecular flexibility index (Phi) is 5.23. The predicted octanol–water partition coefficient (Wildman–Crippen LogP) is 2.98. The number of ether oxygens (including phenoxy) is 2. The molecule has 2 N–H and O–H groups in total. The second-order valence-electron chi connectivity index (χ2n) is 3.96. The molecule has 0 radical (unpaired) electrons. The summed E-state index contributed by atoms with van der Waals surface area (Å²) in [6, 6.07) is 3.96. The number of aromatic nitrogens is 3. The van der Waals surface area contributed by atoms with Crippen molar-refractivity contribution in [1.82, 2.24) is 15.2 Å². The molecule has 1 aromatic heterocycles. The fraction of sp³-hybridized carbons (Fsp3) is 0.385. The number of nitrogens with zero attached hydrogens (tertiary/aromatic N) is 2. The van der Waals surface area contributed by atoms with E-state index < -0.39 is 0 Å². The third-order valence-corrected chi connectivity index (χ3v) is 3.12. The number of hydrogen-bond acceptors (Lipinski definition) is 5. The molecule has 0 fully saturated rings. The van der Waals surface area contributed by atoms with Crippen LogP contribution in [-0.2, 0) is 6.54 Å². The van der Waals surface area contributed by atoms with E-state index in [0.29, 0.717) is 25.7 Å². The van der Waals surface area contributed by atoms with Crippen molar-refractivity contribution in [3.05, 3.63) is 28.5 Å². The minimum atomic E-state index is 0.589. The molecule has 6 nitrogen and oxygen atoms in total. The van der Waals surface area contributed by atoms with Gasteiger partial charge in [-0.1, -0.05) is 0 Å². The molecule has 108 valence electrons. The Morgan fingerprint density at radius 2 is 2.05 bits per heavy atom. The Hall–Kier alpha value is -1.76. The lowest BCUT2D eigenvalue weighted by Crippen LogP contribution is -2.04. The van der Waals surface area contributed by atoms with Crippen molar-refractivity contribution in [3.8, 4) is 11.5 Å². The predicted molar refractivity (Wildman–Crippen MR) is 80.2 cm³/mol. The molecule has 0 unspecified atom stereocenters. The maximum atomic E-state index is 5.63. The Labute approximate surface area is 126 Å². The van der Waals surface area contributed by atoms with Gasteiger partial charge in [0.2, 0.25) is 5.95 Å². The molecule has 1 aromatic carbocycles. The zero-order valence-electron chi connectivity index (χ0n) is 11.4. The van der Waals surface area contributed by atoms with Gasteiger partial charge in [0, 0.05) is 6.54 Å². The molecule has 0 bridgehead atoms. The van der Waals surface area contributed by atoms with Gasteiger partial charge < -0.3 is 14.8 Å². The molecule has 0 amide bonds. The van der Waals surface area contributed by atoms with Crippen LogP contribution in [0.15, 0.2) is 22.9 Å². The molecule has 2 aromatic rings. The minimum absolute atomic E-state index is 0.589. The topological polar surface area (TPSA) is 72.1 Å². The number of rotatable bonds is 7. The normalized spacial score (nSPS) is 10.3. The lowest BCUT2D eigenvalue weighted by atomic mass is 10.2. The van der Waals surface area contributed by atoms with Crippen LogP contribution < -0.4 is 14.8 Å². The summed E-state index contributed by atoms with van der Waals surface area (Å²) in [4.78, 5) is 4.01. The van der Waals surface area contributed by atoms with Crippen LogP contribution in [-0.4, -0.2) is 28.4 Å². The summed E-state index contributed by atoms with van der Waals surface area (Å²) in [5, 5.41) is 9.68. The first-order valence-electron chi connectivity index (χ1n) is 6.41. The average Bonchev–Trinajstić information content (AvgIpc) is 2.94. The van der Waals surface area contributed by atoms with Gasteiger partial charge in [0.1, 0.15) is 6.33 Å². The van der Waals surface area contributed by atoms with E-state index in [9.17, 15) is 0 Å². The number of hydrogen-bond donors (Lipinski definition) is 2. The van der Waals surface area contributed by atoms with Crippen LogP contribution in [0.3, 0.4) is 0 Å². The maximum absolute atomic E-state index is 5.63. The Morgan fingerprint density at radius 1 is 1.25 bits per heavy atom. The van der Waals surface area contributed by atoms with Crippen molar-refractivity contribution in [1.29, 1.82) is 0 Å². The summed E-state index contributed by atoms with van der Waals surface area (Å²) in [5.41, 5.74) is 1.06. The molecule has 0 aliphatic rings. The van der Waals surface area contributed by atoms with E-state index in [4.69, 9.17) is 9.47 Å². The first-order valence-corrected chi connectivity index (χ1v) is 7.21. The molecule has 0 aliphatic heterocycles. The van der Waals surface area contributed by atoms with Gasteiger partial charge in [-0.05, 0) is 47.5 Å². The van der Waals surface area contributed by atoms with Gasteiger partial charge in [-0.3, -0.25) is 0 Å². The highest BCUT2D eigenvalue weighted by atomic mass is 79.9. The number of nitrogens with one attached hydrogen (secondary N) is 2. The van der Waals surface area contributed by atoms with E-state index in [-0.39, 0.29) is 0 Å². The largest absolute Gasteiger partial charge is 0.490 e. The highest BCUT2D eigenvalue weighted by Gasteiger charge is 2.12. The van der Waals surface area contributed by atoms with E-state index in [1.165, 1.54) is 6.33 Å². The van der Waals surface area contributed by atoms with E-state index in [1.54, 1.807) is 0 Å². The fourth-order valence-corrected chi connectivity index (χ4v) is 2.35. The second kappa shape index (κ2) is 7.14. The van der Waals surface area contributed by atoms with E-state index in [0.717, 1.165) is 21.5 Å². The third-order valence-electron chi connectivity index (χ3n) is 2.53. The fourth-order valence-electron chi connectivity index (χ4n) is 1.75. The molecular formula is C13H17BrN4O2. The van der Waals surface area contributed by atoms with Crippen molar-refractivity contribution < 1.29 is 9.47 Å². The molecule has 20 heavy (non-hydrogen) atoms. The Balaban J connectivity index is 2.16. The SMILES string of the molecule is CCOc1cc(CNc2ncn[nH]2)cc(Br)c1OCC. The molecule has 0 saturated carbocycles. The lowest BCUT2D eigenvalue weighted by Gasteiger charge is -2.14. The second-order valence-corrected chi connectivity index (χ2v) is 4.81. The van der Waals surface area contributed by atoms with Crippen molar-refractivity contribution >= 4 is 21.9 Å². The molecule has 2 rings (SSSR count). The molecule has 7 heteroatoms. The lowest BCUT2D eigenvalue weighted by molar-refractivity contribution is 0.286. The quantitative estimate of drug-likeness (QED) is 0.810. The first-order chi connectivity index (χ1) is 9.74. The molecule has 0 saturated heterocycles. The molecule has 0 atom stereocenters. The van der Waals surface area contributed by atoms with Crippen LogP contribution in [0.5, 0.6) is 11.5 Å². The number of benzene rings is 1. The summed E-state index contributed by atoms with van der Waals surface area (Å²) < 4.78 is 12.1. The van der Waals surface area contributed by atoms with Crippen LogP contribution in [0.25, 0.3) is 0 Å². The number of H-pyrrole nitrogens is 1. The standard InChI is InChI=1S/C13H17BrN4O2/c1-3-19-11-6-9(5-10(14)12(11)20-4-2)7-15-13-16-8-17-18-13/h5-6,8H,3-4,7H2,1-2H3,(H2,15,16,17,18). The minimum Gasteiger partial charge on any atom is -0.490 e. The van der Waals surface area contributed by atoms with Crippen LogP contribution in [0, 0.1) is 0 Å². The van der Waals surface area contributed by atoms with Gasteiger partial charge in [0.25, 0.3) is 0 Å². The third kappa shape index (κ3) is 3.63. The monoisotopic (exact) mass is 340 g/mol. The summed E-state index contributed by atoms with van der Waals surface area (Å²) in [6.45, 7) is 5.69. The van der Waals surface area contributed by atoms with Gasteiger partial charge in [0.05, 0.1) is 17.7 Å². The van der Waals surface area contributed by atoms with E-state index >= 15 is 0 Å². The van der Waals surface area contributed by atoms with Crippen LogP contribution in [0.2, 0.25) is 0 Å². The number of aromatic amines is 1. The summed E-state index contributed by atoms with van der Waals surface area (Å²) in [6.07, 6.45) is 1.46. The summed E-state index contributed by atoms with van der Waals surface area (Å²) in [5.74, 6) is 2.10. The van der Waals surface area contributed by atoms with Gasteiger partial charge >= 0.3 is 0 Å². The Bertz CT molecular complexity index is 546. The highest BCUT2D eigenvalue weighted by Crippen LogP contribution is 2.37. The van der Waals surface area contributed by atoms with Gasteiger partial charge in [0.15, 0.2) is 11.5 Å². The van der Waals surface area contributed by atoms with Crippen molar-refractivity contribution in [2.45, 2.75) is 20.4 Å². The average molecular weight is 341 g/mol. The summed E-state index contributed by atoms with van der Waals surface area (Å²) >= 11 is 3.52. The van der Waals surface area contributed by atoms with E-state index in [2.05, 4.69) is 36.4 Å². The summed E-state index contributed by atoms with van der Waals surface area (Å²) in [7, 11) is 0. The smallest absolute Gasteiger partial charge is 0.218 e. The number of halogens is 1. The van der Waals surface area contributed by atoms with Crippen LogP contribution in [0.1, 0.15) is 19.4 Å². The zero-order chi connectivity index (χ0) is 14.4. The van der Waals surface area contributed by atoms with Crippen molar-refractivity contribution in [2.24, 2.45) is 0 Å². The van der Waals surface area contributed by atoms with Crippen LogP contribution in [0.4, 0.5) is 5.95 Å². The maximum Gasteiger partial charge on any atom is 0.218 e. The molecule has 1 heterocycles. The van der Waals surface area contributed by atoms with Gasteiger partial charge in [-0.25, -0.2) is 10.1 Å². The zero-order valence-corrected chi connectivity index (χ0v) is 13.0. The van der Waals surface area contributed by atoms with Gasteiger partial charge in [-0.2, -0.15) is 5.10 Å². The van der Waals surface area contributed by atoms with Crippen LogP contribution >= 0.6 is 15.9 Å². The van der Waals surface area contributed by atoms with Crippen molar-refractivity contribution in [3.63, 3.8) is 0 Å². The number of anilines is 1. The molecular weight excluding hydrogens is 324 g/mol. The van der Waals surface area contributed by atoms with E-state index in [1.807, 2.05) is 26.0 Å². The molecule has 0 aliphatic carbocycles.